The first-order valence-electron chi connectivity index (χ1n) is 7.66. The molecule has 0 N–H and O–H groups in total. The summed E-state index contributed by atoms with van der Waals surface area (Å²) in [6, 6.07) is 2.30. The number of fused-ring (bicyclic) bond motifs is 1. The highest BCUT2D eigenvalue weighted by Gasteiger charge is 2.16. The van der Waals surface area contributed by atoms with Crippen LogP contribution in [0.3, 0.4) is 0 Å². The van der Waals surface area contributed by atoms with Crippen LogP contribution in [0.4, 0.5) is 0 Å². The van der Waals surface area contributed by atoms with Crippen molar-refractivity contribution in [2.24, 2.45) is 0 Å². The Morgan fingerprint density at radius 1 is 1.37 bits per heavy atom. The number of hydrogen-bond acceptors (Lipinski definition) is 1. The van der Waals surface area contributed by atoms with Crippen molar-refractivity contribution in [1.29, 1.82) is 0 Å². The summed E-state index contributed by atoms with van der Waals surface area (Å²) in [7, 11) is 0. The normalized spacial score (nSPS) is 16.2. The molecule has 0 fully saturated rings. The Morgan fingerprint density at radius 3 is 2.47 bits per heavy atom. The first kappa shape index (κ1) is 17.9. The van der Waals surface area contributed by atoms with Gasteiger partial charge in [-0.05, 0) is 49.7 Å². The zero-order chi connectivity index (χ0) is 14.7. The Balaban J connectivity index is 0.000000393. The minimum Gasteiger partial charge on any atom is -0.261 e. The highest BCUT2D eigenvalue weighted by atomic mass is 14.7. The molecule has 1 heterocycles. The van der Waals surface area contributed by atoms with E-state index in [4.69, 9.17) is 0 Å². The van der Waals surface area contributed by atoms with Gasteiger partial charge < -0.3 is 0 Å². The van der Waals surface area contributed by atoms with Gasteiger partial charge in [0.25, 0.3) is 0 Å². The summed E-state index contributed by atoms with van der Waals surface area (Å²) in [5.41, 5.74) is 4.11. The zero-order valence-electron chi connectivity index (χ0n) is 13.5. The minimum atomic E-state index is 0.723. The summed E-state index contributed by atoms with van der Waals surface area (Å²) in [6.07, 6.45) is 10.0. The summed E-state index contributed by atoms with van der Waals surface area (Å²) in [6.45, 7) is 14.2. The standard InChI is InChI=1S/C11H15N.C4H8.C3H8/c1-8-6-10-9(2)4-3-5-11(10)12-7-8;1-3-4-2;1-3-2/h6-7,9H,3-5H2,1-2H3;3H,1,4H2,2H3;3H2,1-2H3. The van der Waals surface area contributed by atoms with Crippen LogP contribution in [0.1, 0.15) is 76.1 Å². The minimum absolute atomic E-state index is 0.723. The van der Waals surface area contributed by atoms with Gasteiger partial charge in [-0.15, -0.1) is 6.58 Å². The molecule has 19 heavy (non-hydrogen) atoms. The highest BCUT2D eigenvalue weighted by molar-refractivity contribution is 5.29. The molecular weight excluding hydrogens is 230 g/mol. The van der Waals surface area contributed by atoms with Gasteiger partial charge in [0.2, 0.25) is 0 Å². The molecule has 1 heteroatoms. The molecule has 2 rings (SSSR count). The van der Waals surface area contributed by atoms with E-state index in [0.29, 0.717) is 0 Å². The SMILES string of the molecule is C=CCC.CCC.Cc1cnc2c(c1)C(C)CCC2. The Bertz CT molecular complexity index is 355. The van der Waals surface area contributed by atoms with Crippen LogP contribution in [0.2, 0.25) is 0 Å². The van der Waals surface area contributed by atoms with Crippen LogP contribution in [-0.2, 0) is 6.42 Å². The molecule has 1 aromatic rings. The average molecular weight is 261 g/mol. The number of nitrogens with zero attached hydrogens (tertiary/aromatic N) is 1. The fourth-order valence-corrected chi connectivity index (χ4v) is 1.99. The molecule has 108 valence electrons. The number of pyridine rings is 1. The molecule has 1 unspecified atom stereocenters. The van der Waals surface area contributed by atoms with Gasteiger partial charge in [-0.3, -0.25) is 4.98 Å². The Labute approximate surface area is 120 Å². The van der Waals surface area contributed by atoms with Crippen LogP contribution in [0.15, 0.2) is 24.9 Å². The van der Waals surface area contributed by atoms with Crippen molar-refractivity contribution in [3.8, 4) is 0 Å². The largest absolute Gasteiger partial charge is 0.261 e. The molecule has 1 aliphatic rings. The van der Waals surface area contributed by atoms with Gasteiger partial charge in [-0.25, -0.2) is 0 Å². The maximum absolute atomic E-state index is 4.47. The predicted molar refractivity (Wildman–Crippen MR) is 86.8 cm³/mol. The second-order valence-corrected chi connectivity index (χ2v) is 5.25. The first-order valence-corrected chi connectivity index (χ1v) is 7.66. The molecule has 0 spiro atoms. The number of aryl methyl sites for hydroxylation is 2. The number of aromatic nitrogens is 1. The molecule has 0 radical (unpaired) electrons. The lowest BCUT2D eigenvalue weighted by atomic mass is 9.86. The van der Waals surface area contributed by atoms with Crippen molar-refractivity contribution < 1.29 is 0 Å². The number of hydrogen-bond donors (Lipinski definition) is 0. The fourth-order valence-electron chi connectivity index (χ4n) is 1.99. The van der Waals surface area contributed by atoms with Crippen molar-refractivity contribution >= 4 is 0 Å². The van der Waals surface area contributed by atoms with Crippen LogP contribution in [0.5, 0.6) is 0 Å². The van der Waals surface area contributed by atoms with Gasteiger partial charge in [0.05, 0.1) is 0 Å². The second kappa shape index (κ2) is 10.8. The smallest absolute Gasteiger partial charge is 0.0438 e. The summed E-state index contributed by atoms with van der Waals surface area (Å²) < 4.78 is 0. The summed E-state index contributed by atoms with van der Waals surface area (Å²) in [5.74, 6) is 0.723. The topological polar surface area (TPSA) is 12.9 Å². The lowest BCUT2D eigenvalue weighted by molar-refractivity contribution is 0.578. The van der Waals surface area contributed by atoms with Crippen molar-refractivity contribution in [1.82, 2.24) is 4.98 Å². The van der Waals surface area contributed by atoms with E-state index in [1.165, 1.54) is 42.5 Å². The number of allylic oxidation sites excluding steroid dienone is 1. The van der Waals surface area contributed by atoms with E-state index in [1.54, 1.807) is 0 Å². The highest BCUT2D eigenvalue weighted by Crippen LogP contribution is 2.29. The Morgan fingerprint density at radius 2 is 1.95 bits per heavy atom. The van der Waals surface area contributed by atoms with E-state index in [1.807, 2.05) is 12.3 Å². The van der Waals surface area contributed by atoms with Gasteiger partial charge in [-0.2, -0.15) is 0 Å². The molecule has 0 aliphatic heterocycles. The monoisotopic (exact) mass is 261 g/mol. The number of rotatable bonds is 1. The molecule has 0 amide bonds. The first-order chi connectivity index (χ1) is 9.10. The average Bonchev–Trinajstić information content (AvgIpc) is 2.41. The maximum atomic E-state index is 4.47. The summed E-state index contributed by atoms with van der Waals surface area (Å²) >= 11 is 0. The molecule has 1 aliphatic carbocycles. The van der Waals surface area contributed by atoms with Crippen molar-refractivity contribution in [3.63, 3.8) is 0 Å². The van der Waals surface area contributed by atoms with E-state index in [2.05, 4.69) is 52.2 Å². The quantitative estimate of drug-likeness (QED) is 0.580. The molecule has 1 aromatic heterocycles. The van der Waals surface area contributed by atoms with Crippen molar-refractivity contribution in [3.05, 3.63) is 41.7 Å². The van der Waals surface area contributed by atoms with Gasteiger partial charge in [-0.1, -0.05) is 46.3 Å². The van der Waals surface area contributed by atoms with Crippen molar-refractivity contribution in [2.45, 2.75) is 72.6 Å². The lowest BCUT2D eigenvalue weighted by Gasteiger charge is -2.21. The van der Waals surface area contributed by atoms with Crippen LogP contribution < -0.4 is 0 Å². The third kappa shape index (κ3) is 7.15. The third-order valence-corrected chi connectivity index (χ3v) is 3.01. The van der Waals surface area contributed by atoms with E-state index in [-0.39, 0.29) is 0 Å². The van der Waals surface area contributed by atoms with E-state index >= 15 is 0 Å². The van der Waals surface area contributed by atoms with Crippen LogP contribution >= 0.6 is 0 Å². The van der Waals surface area contributed by atoms with Gasteiger partial charge in [0.15, 0.2) is 0 Å². The van der Waals surface area contributed by atoms with Gasteiger partial charge in [0.1, 0.15) is 0 Å². The Hall–Kier alpha value is -1.11. The zero-order valence-corrected chi connectivity index (χ0v) is 13.5. The molecular formula is C18H31N. The second-order valence-electron chi connectivity index (χ2n) is 5.25. The molecule has 0 aromatic carbocycles. The summed E-state index contributed by atoms with van der Waals surface area (Å²) in [4.78, 5) is 4.47. The van der Waals surface area contributed by atoms with Crippen LogP contribution in [0.25, 0.3) is 0 Å². The van der Waals surface area contributed by atoms with Gasteiger partial charge in [0, 0.05) is 11.9 Å². The predicted octanol–water partition coefficient (Wildman–Crippen LogP) is 5.83. The fraction of sp³-hybridized carbons (Fsp3) is 0.611. The summed E-state index contributed by atoms with van der Waals surface area (Å²) in [5, 5.41) is 0. The van der Waals surface area contributed by atoms with E-state index in [9.17, 15) is 0 Å². The maximum Gasteiger partial charge on any atom is 0.0438 e. The lowest BCUT2D eigenvalue weighted by Crippen LogP contribution is -2.09. The molecule has 1 nitrogen and oxygen atoms in total. The molecule has 0 bridgehead atoms. The van der Waals surface area contributed by atoms with Crippen LogP contribution in [-0.4, -0.2) is 4.98 Å². The Kier molecular flexibility index (Phi) is 10.1. The van der Waals surface area contributed by atoms with Crippen LogP contribution in [0, 0.1) is 6.92 Å². The molecule has 0 saturated carbocycles. The molecule has 1 atom stereocenters. The van der Waals surface area contributed by atoms with E-state index in [0.717, 1.165) is 12.3 Å². The molecule has 0 saturated heterocycles. The third-order valence-electron chi connectivity index (χ3n) is 3.01. The van der Waals surface area contributed by atoms with Crippen molar-refractivity contribution in [2.75, 3.05) is 0 Å². The van der Waals surface area contributed by atoms with E-state index < -0.39 is 0 Å². The van der Waals surface area contributed by atoms with Gasteiger partial charge >= 0.3 is 0 Å².